The van der Waals surface area contributed by atoms with Gasteiger partial charge in [-0.3, -0.25) is 14.5 Å². The van der Waals surface area contributed by atoms with E-state index in [1.54, 1.807) is 29.2 Å². The summed E-state index contributed by atoms with van der Waals surface area (Å²) in [6.45, 7) is 6.51. The van der Waals surface area contributed by atoms with E-state index in [-0.39, 0.29) is 11.3 Å². The van der Waals surface area contributed by atoms with E-state index in [4.69, 9.17) is 16.3 Å². The van der Waals surface area contributed by atoms with Crippen molar-refractivity contribution in [1.29, 1.82) is 0 Å². The van der Waals surface area contributed by atoms with E-state index in [2.05, 4.69) is 11.8 Å². The lowest BCUT2D eigenvalue weighted by molar-refractivity contribution is -0.140. The number of carbonyl (C=O) groups excluding carboxylic acids is 2. The first-order valence-electron chi connectivity index (χ1n) is 11.4. The number of ether oxygens (including phenoxy) is 1. The summed E-state index contributed by atoms with van der Waals surface area (Å²) in [5.74, 6) is -1.40. The summed E-state index contributed by atoms with van der Waals surface area (Å²) in [5.41, 5.74) is 2.56. The molecule has 0 unspecified atom stereocenters. The normalized spacial score (nSPS) is 21.0. The molecule has 2 aliphatic heterocycles. The van der Waals surface area contributed by atoms with Crippen LogP contribution in [0.2, 0.25) is 5.02 Å². The molecule has 6 nitrogen and oxygen atoms in total. The van der Waals surface area contributed by atoms with Crippen molar-refractivity contribution in [3.63, 3.8) is 0 Å². The number of likely N-dealkylation sites (tertiary alicyclic amines) is 1. The van der Waals surface area contributed by atoms with Crippen LogP contribution >= 0.6 is 11.6 Å². The first kappa shape index (κ1) is 23.5. The second-order valence-corrected chi connectivity index (χ2v) is 8.84. The lowest BCUT2D eigenvalue weighted by Crippen LogP contribution is -2.38. The number of amides is 1. The Kier molecular flexibility index (Phi) is 7.48. The molecule has 1 N–H and O–H groups in total. The van der Waals surface area contributed by atoms with Crippen molar-refractivity contribution < 1.29 is 19.4 Å². The maximum absolute atomic E-state index is 13.1. The number of hydrogen-bond donors (Lipinski definition) is 1. The maximum atomic E-state index is 13.1. The molecule has 0 aromatic heterocycles. The molecule has 33 heavy (non-hydrogen) atoms. The van der Waals surface area contributed by atoms with E-state index >= 15 is 0 Å². The van der Waals surface area contributed by atoms with Crippen LogP contribution in [0.25, 0.3) is 5.76 Å². The van der Waals surface area contributed by atoms with Crippen LogP contribution in [0.15, 0.2) is 54.1 Å². The van der Waals surface area contributed by atoms with Crippen molar-refractivity contribution in [2.24, 2.45) is 0 Å². The summed E-state index contributed by atoms with van der Waals surface area (Å²) in [4.78, 5) is 30.1. The summed E-state index contributed by atoms with van der Waals surface area (Å²) >= 11 is 5.99. The SMILES string of the molecule is CCc1ccc([C@H]2C(=C(O)c3ccc(Cl)cc3)C(=O)C(=O)N2CCCN2CCOCC2)cc1. The molecule has 0 saturated carbocycles. The minimum absolute atomic E-state index is 0.123. The number of nitrogens with zero attached hydrogens (tertiary/aromatic N) is 2. The highest BCUT2D eigenvalue weighted by Gasteiger charge is 2.45. The average molecular weight is 469 g/mol. The second kappa shape index (κ2) is 10.5. The monoisotopic (exact) mass is 468 g/mol. The fourth-order valence-electron chi connectivity index (χ4n) is 4.45. The van der Waals surface area contributed by atoms with Crippen LogP contribution in [0.4, 0.5) is 0 Å². The Bertz CT molecular complexity index is 1030. The zero-order chi connectivity index (χ0) is 23.4. The van der Waals surface area contributed by atoms with Gasteiger partial charge in [0.05, 0.1) is 24.8 Å². The number of Topliss-reactive ketones (excluding diaryl/α,β-unsaturated/α-hetero) is 1. The van der Waals surface area contributed by atoms with Crippen LogP contribution < -0.4 is 0 Å². The van der Waals surface area contributed by atoms with Crippen LogP contribution in [-0.2, 0) is 20.7 Å². The fraction of sp³-hybridized carbons (Fsp3) is 0.385. The van der Waals surface area contributed by atoms with Crippen molar-refractivity contribution in [3.8, 4) is 0 Å². The Hall–Kier alpha value is -2.67. The van der Waals surface area contributed by atoms with E-state index in [0.717, 1.165) is 51.3 Å². The van der Waals surface area contributed by atoms with E-state index in [0.29, 0.717) is 17.1 Å². The second-order valence-electron chi connectivity index (χ2n) is 8.40. The standard InChI is InChI=1S/C26H29ClN2O4/c1-2-18-4-6-19(7-5-18)23-22(24(30)20-8-10-21(27)11-9-20)25(31)26(32)29(23)13-3-12-28-14-16-33-17-15-28/h4-11,23,30H,2-3,12-17H2,1H3/t23-/m0/s1. The molecule has 4 rings (SSSR count). The highest BCUT2D eigenvalue weighted by Crippen LogP contribution is 2.39. The number of carbonyl (C=O) groups is 2. The minimum Gasteiger partial charge on any atom is -0.507 e. The molecule has 7 heteroatoms. The summed E-state index contributed by atoms with van der Waals surface area (Å²) in [5, 5.41) is 11.6. The minimum atomic E-state index is -0.654. The summed E-state index contributed by atoms with van der Waals surface area (Å²) in [7, 11) is 0. The molecule has 174 valence electrons. The van der Waals surface area contributed by atoms with Gasteiger partial charge in [-0.1, -0.05) is 42.8 Å². The lowest BCUT2D eigenvalue weighted by atomic mass is 9.94. The summed E-state index contributed by atoms with van der Waals surface area (Å²) in [6, 6.07) is 13.9. The van der Waals surface area contributed by atoms with E-state index in [1.807, 2.05) is 24.3 Å². The number of halogens is 1. The number of aliphatic hydroxyl groups excluding tert-OH is 1. The third-order valence-electron chi connectivity index (χ3n) is 6.34. The Balaban J connectivity index is 1.66. The third kappa shape index (κ3) is 5.13. The number of ketones is 1. The van der Waals surface area contributed by atoms with Crippen molar-refractivity contribution >= 4 is 29.1 Å². The molecule has 2 saturated heterocycles. The number of rotatable bonds is 7. The molecular formula is C26H29ClN2O4. The first-order valence-corrected chi connectivity index (χ1v) is 11.8. The molecule has 2 aromatic rings. The van der Waals surface area contributed by atoms with Crippen LogP contribution in [0.3, 0.4) is 0 Å². The first-order chi connectivity index (χ1) is 16.0. The van der Waals surface area contributed by atoms with Gasteiger partial charge in [0.25, 0.3) is 11.7 Å². The van der Waals surface area contributed by atoms with Gasteiger partial charge in [-0.2, -0.15) is 0 Å². The van der Waals surface area contributed by atoms with Gasteiger partial charge in [-0.15, -0.1) is 0 Å². The molecule has 2 aliphatic rings. The van der Waals surface area contributed by atoms with Gasteiger partial charge in [0.1, 0.15) is 5.76 Å². The van der Waals surface area contributed by atoms with Gasteiger partial charge < -0.3 is 14.7 Å². The largest absolute Gasteiger partial charge is 0.507 e. The third-order valence-corrected chi connectivity index (χ3v) is 6.59. The predicted molar refractivity (Wildman–Crippen MR) is 128 cm³/mol. The molecule has 1 amide bonds. The van der Waals surface area contributed by atoms with E-state index in [9.17, 15) is 14.7 Å². The lowest BCUT2D eigenvalue weighted by Gasteiger charge is -2.29. The summed E-state index contributed by atoms with van der Waals surface area (Å²) in [6.07, 6.45) is 1.63. The number of aryl methyl sites for hydroxylation is 1. The summed E-state index contributed by atoms with van der Waals surface area (Å²) < 4.78 is 5.40. The van der Waals surface area contributed by atoms with Crippen molar-refractivity contribution in [2.45, 2.75) is 25.8 Å². The van der Waals surface area contributed by atoms with Gasteiger partial charge in [-0.05, 0) is 48.2 Å². The topological polar surface area (TPSA) is 70.1 Å². The predicted octanol–water partition coefficient (Wildman–Crippen LogP) is 4.05. The zero-order valence-corrected chi connectivity index (χ0v) is 19.6. The molecular weight excluding hydrogens is 440 g/mol. The smallest absolute Gasteiger partial charge is 0.295 e. The molecule has 2 fully saturated rings. The quantitative estimate of drug-likeness (QED) is 0.377. The van der Waals surface area contributed by atoms with Crippen molar-refractivity contribution in [3.05, 3.63) is 75.8 Å². The zero-order valence-electron chi connectivity index (χ0n) is 18.8. The highest BCUT2D eigenvalue weighted by atomic mass is 35.5. The van der Waals surface area contributed by atoms with Gasteiger partial charge >= 0.3 is 0 Å². The Morgan fingerprint density at radius 3 is 2.33 bits per heavy atom. The van der Waals surface area contributed by atoms with Crippen LogP contribution in [0, 0.1) is 0 Å². The van der Waals surface area contributed by atoms with Crippen molar-refractivity contribution in [2.75, 3.05) is 39.4 Å². The molecule has 0 spiro atoms. The Morgan fingerprint density at radius 1 is 1.03 bits per heavy atom. The molecule has 1 atom stereocenters. The number of benzene rings is 2. The van der Waals surface area contributed by atoms with Gasteiger partial charge in [-0.25, -0.2) is 0 Å². The van der Waals surface area contributed by atoms with Crippen LogP contribution in [0.1, 0.15) is 36.1 Å². The Morgan fingerprint density at radius 2 is 1.70 bits per heavy atom. The average Bonchev–Trinajstić information content (AvgIpc) is 3.10. The molecule has 2 aromatic carbocycles. The van der Waals surface area contributed by atoms with Crippen LogP contribution in [-0.4, -0.2) is 66.0 Å². The highest BCUT2D eigenvalue weighted by molar-refractivity contribution is 6.46. The number of hydrogen-bond acceptors (Lipinski definition) is 5. The number of morpholine rings is 1. The van der Waals surface area contributed by atoms with Gasteiger partial charge in [0.15, 0.2) is 0 Å². The van der Waals surface area contributed by atoms with E-state index < -0.39 is 17.7 Å². The number of aliphatic hydroxyl groups is 1. The maximum Gasteiger partial charge on any atom is 0.295 e. The van der Waals surface area contributed by atoms with Gasteiger partial charge in [0, 0.05) is 36.8 Å². The fourth-order valence-corrected chi connectivity index (χ4v) is 4.57. The van der Waals surface area contributed by atoms with E-state index in [1.165, 1.54) is 5.56 Å². The molecule has 0 aliphatic carbocycles. The van der Waals surface area contributed by atoms with Crippen LogP contribution in [0.5, 0.6) is 0 Å². The molecule has 0 radical (unpaired) electrons. The van der Waals surface area contributed by atoms with Crippen molar-refractivity contribution in [1.82, 2.24) is 9.80 Å². The van der Waals surface area contributed by atoms with Gasteiger partial charge in [0.2, 0.25) is 0 Å². The molecule has 0 bridgehead atoms. The molecule has 2 heterocycles. The Labute approximate surface area is 199 Å².